The maximum absolute atomic E-state index is 13.6. The molecule has 0 N–H and O–H groups in total. The zero-order chi connectivity index (χ0) is 23.8. The van der Waals surface area contributed by atoms with Crippen LogP contribution in [-0.4, -0.2) is 25.8 Å². The van der Waals surface area contributed by atoms with Gasteiger partial charge in [-0.2, -0.15) is 13.2 Å². The number of alkyl halides is 3. The topological polar surface area (TPSA) is 60.7 Å². The zero-order valence-electron chi connectivity index (χ0n) is 17.1. The van der Waals surface area contributed by atoms with E-state index >= 15 is 0 Å². The van der Waals surface area contributed by atoms with E-state index < -0.39 is 17.6 Å². The van der Waals surface area contributed by atoms with Crippen molar-refractivity contribution in [3.05, 3.63) is 99.6 Å². The van der Waals surface area contributed by atoms with E-state index in [-0.39, 0.29) is 34.2 Å². The van der Waals surface area contributed by atoms with Crippen LogP contribution in [0.3, 0.4) is 0 Å². The number of carbonyl (C=O) groups is 1. The molecule has 2 aromatic carbocycles. The second-order valence-corrected chi connectivity index (χ2v) is 7.61. The highest BCUT2D eigenvalue weighted by molar-refractivity contribution is 6.35. The summed E-state index contributed by atoms with van der Waals surface area (Å²) in [7, 11) is 0. The molecule has 0 radical (unpaired) electrons. The van der Waals surface area contributed by atoms with Crippen LogP contribution < -0.4 is 0 Å². The van der Waals surface area contributed by atoms with Gasteiger partial charge in [0.15, 0.2) is 5.78 Å². The number of hydrogen-bond acceptors (Lipinski definition) is 4. The molecule has 0 spiro atoms. The van der Waals surface area contributed by atoms with Gasteiger partial charge in [-0.15, -0.1) is 5.10 Å². The summed E-state index contributed by atoms with van der Waals surface area (Å²) < 4.78 is 54.1. The second-order valence-electron chi connectivity index (χ2n) is 7.20. The number of nitrogens with zero attached hydrogens (tertiary/aromatic N) is 4. The lowest BCUT2D eigenvalue weighted by Gasteiger charge is -2.11. The van der Waals surface area contributed by atoms with Crippen molar-refractivity contribution in [1.82, 2.24) is 20.0 Å². The van der Waals surface area contributed by atoms with Gasteiger partial charge in [0.05, 0.1) is 28.4 Å². The quantitative estimate of drug-likeness (QED) is 0.273. The van der Waals surface area contributed by atoms with Crippen molar-refractivity contribution in [2.75, 3.05) is 0 Å². The highest BCUT2D eigenvalue weighted by Crippen LogP contribution is 2.32. The van der Waals surface area contributed by atoms with Gasteiger partial charge in [0.1, 0.15) is 17.2 Å². The van der Waals surface area contributed by atoms with Crippen molar-refractivity contribution in [3.8, 4) is 11.4 Å². The summed E-state index contributed by atoms with van der Waals surface area (Å²) in [6.07, 6.45) is -3.32. The number of rotatable bonds is 5. The van der Waals surface area contributed by atoms with Gasteiger partial charge >= 0.3 is 6.18 Å². The third kappa shape index (κ3) is 4.49. The van der Waals surface area contributed by atoms with Crippen LogP contribution in [0.2, 0.25) is 5.02 Å². The van der Waals surface area contributed by atoms with Crippen LogP contribution in [0.5, 0.6) is 0 Å². The van der Waals surface area contributed by atoms with Crippen LogP contribution in [0.1, 0.15) is 32.7 Å². The van der Waals surface area contributed by atoms with Gasteiger partial charge in [-0.1, -0.05) is 35.0 Å². The first-order chi connectivity index (χ1) is 15.7. The van der Waals surface area contributed by atoms with Crippen LogP contribution in [0, 0.1) is 12.7 Å². The van der Waals surface area contributed by atoms with Crippen LogP contribution in [0.25, 0.3) is 11.4 Å². The van der Waals surface area contributed by atoms with Crippen LogP contribution >= 0.6 is 11.6 Å². The summed E-state index contributed by atoms with van der Waals surface area (Å²) in [5.41, 5.74) is 0.420. The number of hydrogen-bond donors (Lipinski definition) is 0. The Balaban J connectivity index is 1.70. The normalized spacial score (nSPS) is 11.6. The molecule has 0 aliphatic rings. The highest BCUT2D eigenvalue weighted by Gasteiger charge is 2.34. The zero-order valence-corrected chi connectivity index (χ0v) is 17.8. The molecule has 0 amide bonds. The molecule has 0 fully saturated rings. The fourth-order valence-electron chi connectivity index (χ4n) is 3.36. The number of pyridine rings is 1. The predicted octanol–water partition coefficient (Wildman–Crippen LogP) is 5.74. The van der Waals surface area contributed by atoms with E-state index in [4.69, 9.17) is 11.6 Å². The Morgan fingerprint density at radius 3 is 2.48 bits per heavy atom. The summed E-state index contributed by atoms with van der Waals surface area (Å²) in [5, 5.41) is 8.39. The van der Waals surface area contributed by atoms with Crippen LogP contribution in [0.15, 0.2) is 60.8 Å². The van der Waals surface area contributed by atoms with Crippen LogP contribution in [0.4, 0.5) is 17.6 Å². The first-order valence-electron chi connectivity index (χ1n) is 9.67. The molecule has 168 valence electrons. The third-order valence-corrected chi connectivity index (χ3v) is 5.38. The third-order valence-electron chi connectivity index (χ3n) is 5.05. The van der Waals surface area contributed by atoms with E-state index in [0.29, 0.717) is 17.0 Å². The Labute approximate surface area is 190 Å². The maximum Gasteiger partial charge on any atom is 0.419 e. The lowest BCUT2D eigenvalue weighted by atomic mass is 10.00. The minimum absolute atomic E-state index is 0.0805. The largest absolute Gasteiger partial charge is 0.419 e. The van der Waals surface area contributed by atoms with E-state index in [9.17, 15) is 22.4 Å². The number of carbonyl (C=O) groups excluding carboxylic acids is 1. The molecule has 2 heterocycles. The van der Waals surface area contributed by atoms with Gasteiger partial charge in [-0.05, 0) is 48.9 Å². The van der Waals surface area contributed by atoms with E-state index in [0.717, 1.165) is 12.1 Å². The Kier molecular flexibility index (Phi) is 5.99. The van der Waals surface area contributed by atoms with E-state index in [2.05, 4.69) is 15.3 Å². The van der Waals surface area contributed by atoms with Gasteiger partial charge < -0.3 is 0 Å². The molecule has 0 saturated carbocycles. The molecule has 0 aliphatic heterocycles. The standard InChI is InChI=1S/C23H15ClF4N4O/c1-13-20(21-16(6-4-10-29-21)22(33)15-5-2-3-7-18(15)24)30-31-32(13)12-14-8-9-19(25)17(11-14)23(26,27)28/h2-11H,12H2,1H3. The van der Waals surface area contributed by atoms with Crippen molar-refractivity contribution < 1.29 is 22.4 Å². The minimum Gasteiger partial charge on any atom is -0.288 e. The van der Waals surface area contributed by atoms with Crippen molar-refractivity contribution in [3.63, 3.8) is 0 Å². The predicted molar refractivity (Wildman–Crippen MR) is 113 cm³/mol. The molecule has 0 atom stereocenters. The fraction of sp³-hybridized carbons (Fsp3) is 0.130. The van der Waals surface area contributed by atoms with E-state index in [1.165, 1.54) is 16.9 Å². The van der Waals surface area contributed by atoms with Gasteiger partial charge in [0.25, 0.3) is 0 Å². The first-order valence-corrected chi connectivity index (χ1v) is 10.0. The molecule has 5 nitrogen and oxygen atoms in total. The Bertz CT molecular complexity index is 1350. The Morgan fingerprint density at radius 2 is 1.76 bits per heavy atom. The average molecular weight is 475 g/mol. The molecular formula is C23H15ClF4N4O. The molecule has 0 aliphatic carbocycles. The lowest BCUT2D eigenvalue weighted by Crippen LogP contribution is -2.11. The summed E-state index contributed by atoms with van der Waals surface area (Å²) in [4.78, 5) is 17.4. The molecule has 10 heteroatoms. The smallest absolute Gasteiger partial charge is 0.288 e. The number of benzene rings is 2. The fourth-order valence-corrected chi connectivity index (χ4v) is 3.58. The summed E-state index contributed by atoms with van der Waals surface area (Å²) in [5.74, 6) is -1.70. The summed E-state index contributed by atoms with van der Waals surface area (Å²) in [6, 6.07) is 12.5. The number of halogens is 5. The first kappa shape index (κ1) is 22.6. The molecule has 0 saturated heterocycles. The molecule has 33 heavy (non-hydrogen) atoms. The second kappa shape index (κ2) is 8.74. The van der Waals surface area contributed by atoms with E-state index in [1.54, 1.807) is 43.3 Å². The number of aromatic nitrogens is 4. The van der Waals surface area contributed by atoms with Gasteiger partial charge in [0, 0.05) is 11.8 Å². The van der Waals surface area contributed by atoms with Crippen molar-refractivity contribution in [2.24, 2.45) is 0 Å². The minimum atomic E-state index is -4.81. The summed E-state index contributed by atoms with van der Waals surface area (Å²) >= 11 is 6.17. The highest BCUT2D eigenvalue weighted by atomic mass is 35.5. The molecule has 2 aromatic heterocycles. The SMILES string of the molecule is Cc1c(-c2ncccc2C(=O)c2ccccc2Cl)nnn1Cc1ccc(F)c(C(F)(F)F)c1. The molecule has 4 rings (SSSR count). The molecule has 0 unspecified atom stereocenters. The Morgan fingerprint density at radius 1 is 1.03 bits per heavy atom. The maximum atomic E-state index is 13.6. The monoisotopic (exact) mass is 474 g/mol. The molecule has 0 bridgehead atoms. The molecular weight excluding hydrogens is 460 g/mol. The summed E-state index contributed by atoms with van der Waals surface area (Å²) in [6.45, 7) is 1.57. The van der Waals surface area contributed by atoms with Crippen molar-refractivity contribution >= 4 is 17.4 Å². The van der Waals surface area contributed by atoms with Crippen molar-refractivity contribution in [2.45, 2.75) is 19.6 Å². The Hall–Kier alpha value is -3.59. The van der Waals surface area contributed by atoms with E-state index in [1.807, 2.05) is 0 Å². The van der Waals surface area contributed by atoms with Gasteiger partial charge in [-0.25, -0.2) is 9.07 Å². The lowest BCUT2D eigenvalue weighted by molar-refractivity contribution is -0.140. The van der Waals surface area contributed by atoms with Crippen LogP contribution in [-0.2, 0) is 12.7 Å². The van der Waals surface area contributed by atoms with Gasteiger partial charge in [0.2, 0.25) is 0 Å². The number of ketones is 1. The van der Waals surface area contributed by atoms with Gasteiger partial charge in [-0.3, -0.25) is 9.78 Å². The van der Waals surface area contributed by atoms with Crippen molar-refractivity contribution in [1.29, 1.82) is 0 Å². The average Bonchev–Trinajstić information content (AvgIpc) is 3.14. The molecule has 4 aromatic rings.